The van der Waals surface area contributed by atoms with E-state index in [1.54, 1.807) is 48.5 Å². The summed E-state index contributed by atoms with van der Waals surface area (Å²) in [5, 5.41) is 70.5. The van der Waals surface area contributed by atoms with Gasteiger partial charge < -0.3 is 20.4 Å². The van der Waals surface area contributed by atoms with Crippen molar-refractivity contribution < 1.29 is 55.7 Å². The number of fused-ring (bicyclic) bond motifs is 3. The van der Waals surface area contributed by atoms with Gasteiger partial charge in [0.05, 0.1) is 11.0 Å². The molecule has 0 bridgehead atoms. The standard InChI is InChI=1S/C20H14N2O5S.C16H11N3O4.Cr/c23-16-10-9-12-5-1-2-6-13(12)19(16)21-22-20-15-8-4-3-7-14(15)18(11-17(20)24)28(25,26)27;20-14-8-5-10-3-1-2-4-12(10)16(14)18-17-13-7-6-11(19(22)23)9-15(13)21;/h1-11,23-24H,(H,25,26,27);1-9,20-21H;. The number of aromatic hydroxyl groups is 4. The number of nitrogens with zero attached hydrogens (tertiary/aromatic N) is 5. The number of nitro groups is 1. The van der Waals surface area contributed by atoms with Crippen molar-refractivity contribution in [2.45, 2.75) is 4.90 Å². The number of rotatable bonds is 6. The Bertz CT molecular complexity index is 2670. The smallest absolute Gasteiger partial charge is 0.295 e. The Labute approximate surface area is 305 Å². The molecule has 14 nitrogen and oxygen atoms in total. The molecule has 0 amide bonds. The summed E-state index contributed by atoms with van der Waals surface area (Å²) < 4.78 is 32.7. The van der Waals surface area contributed by atoms with Gasteiger partial charge in [0.1, 0.15) is 50.6 Å². The van der Waals surface area contributed by atoms with Crippen LogP contribution in [0.5, 0.6) is 23.0 Å². The minimum absolute atomic E-state index is 0. The minimum Gasteiger partial charge on any atom is -0.506 e. The third-order valence-corrected chi connectivity index (χ3v) is 8.57. The van der Waals surface area contributed by atoms with Crippen LogP contribution in [0.4, 0.5) is 28.4 Å². The van der Waals surface area contributed by atoms with E-state index in [9.17, 15) is 43.5 Å². The first-order valence-electron chi connectivity index (χ1n) is 14.9. The maximum absolute atomic E-state index is 11.6. The molecule has 0 unspecified atom stereocenters. The fourth-order valence-electron chi connectivity index (χ4n) is 5.24. The van der Waals surface area contributed by atoms with Crippen molar-refractivity contribution >= 4 is 70.9 Å². The van der Waals surface area contributed by atoms with Crippen molar-refractivity contribution in [3.63, 3.8) is 0 Å². The summed E-state index contributed by atoms with van der Waals surface area (Å²) >= 11 is 0. The first-order chi connectivity index (χ1) is 24.4. The Hall–Kier alpha value is -6.44. The van der Waals surface area contributed by atoms with E-state index < -0.39 is 25.7 Å². The summed E-state index contributed by atoms with van der Waals surface area (Å²) in [6.07, 6.45) is 0. The van der Waals surface area contributed by atoms with E-state index in [-0.39, 0.29) is 68.4 Å². The second-order valence-corrected chi connectivity index (χ2v) is 12.3. The van der Waals surface area contributed by atoms with Crippen LogP contribution >= 0.6 is 0 Å². The molecule has 7 rings (SSSR count). The minimum atomic E-state index is -4.54. The molecule has 0 fully saturated rings. The maximum atomic E-state index is 11.6. The number of nitro benzene ring substituents is 1. The third-order valence-electron chi connectivity index (χ3n) is 7.67. The quantitative estimate of drug-likeness (QED) is 0.0470. The second kappa shape index (κ2) is 15.2. The summed E-state index contributed by atoms with van der Waals surface area (Å²) in [5.41, 5.74) is 0.342. The molecule has 0 aliphatic rings. The van der Waals surface area contributed by atoms with E-state index in [1.807, 2.05) is 30.3 Å². The molecule has 0 saturated carbocycles. The predicted octanol–water partition coefficient (Wildman–Crippen LogP) is 9.64. The zero-order valence-electron chi connectivity index (χ0n) is 26.5. The van der Waals surface area contributed by atoms with Gasteiger partial charge in [-0.15, -0.1) is 20.5 Å². The van der Waals surface area contributed by atoms with Crippen LogP contribution in [0.25, 0.3) is 32.3 Å². The Morgan fingerprint density at radius 2 is 0.981 bits per heavy atom. The van der Waals surface area contributed by atoms with Gasteiger partial charge in [-0.3, -0.25) is 14.7 Å². The topological polar surface area (TPSA) is 228 Å². The monoisotopic (exact) mass is 755 g/mol. The maximum Gasteiger partial charge on any atom is 0.295 e. The van der Waals surface area contributed by atoms with Crippen molar-refractivity contribution in [2.75, 3.05) is 0 Å². The molecule has 0 radical (unpaired) electrons. The number of benzene rings is 7. The van der Waals surface area contributed by atoms with Crippen molar-refractivity contribution in [3.8, 4) is 23.0 Å². The van der Waals surface area contributed by atoms with Gasteiger partial charge in [-0.1, -0.05) is 84.9 Å². The van der Waals surface area contributed by atoms with Crippen LogP contribution in [0, 0.1) is 10.1 Å². The first-order valence-corrected chi connectivity index (χ1v) is 16.3. The van der Waals surface area contributed by atoms with Crippen molar-refractivity contribution in [1.29, 1.82) is 0 Å². The van der Waals surface area contributed by atoms with Crippen LogP contribution in [0.15, 0.2) is 147 Å². The molecular weight excluding hydrogens is 730 g/mol. The average molecular weight is 756 g/mol. The molecule has 0 saturated heterocycles. The molecule has 7 aromatic carbocycles. The molecule has 16 heteroatoms. The Balaban J connectivity index is 0.000000201. The Kier molecular flexibility index (Phi) is 10.8. The zero-order valence-corrected chi connectivity index (χ0v) is 28.6. The average Bonchev–Trinajstić information content (AvgIpc) is 3.11. The molecule has 0 spiro atoms. The number of hydrogen-bond donors (Lipinski definition) is 5. The molecular formula is C36H25CrN5O9S. The molecule has 0 aromatic heterocycles. The van der Waals surface area contributed by atoms with Crippen LogP contribution in [-0.4, -0.2) is 38.3 Å². The van der Waals surface area contributed by atoms with Crippen LogP contribution in [0.1, 0.15) is 0 Å². The van der Waals surface area contributed by atoms with Gasteiger partial charge >= 0.3 is 0 Å². The number of non-ortho nitro benzene ring substituents is 1. The molecule has 0 atom stereocenters. The Morgan fingerprint density at radius 3 is 1.48 bits per heavy atom. The second-order valence-electron chi connectivity index (χ2n) is 10.9. The van der Waals surface area contributed by atoms with E-state index in [1.165, 1.54) is 30.3 Å². The summed E-state index contributed by atoms with van der Waals surface area (Å²) in [4.78, 5) is 9.60. The summed E-state index contributed by atoms with van der Waals surface area (Å²) in [6, 6.07) is 31.9. The number of azo groups is 2. The predicted molar refractivity (Wildman–Crippen MR) is 190 cm³/mol. The van der Waals surface area contributed by atoms with Gasteiger partial charge in [0.2, 0.25) is 0 Å². The Morgan fingerprint density at radius 1 is 0.519 bits per heavy atom. The summed E-state index contributed by atoms with van der Waals surface area (Å²) in [7, 11) is -4.54. The van der Waals surface area contributed by atoms with E-state index in [4.69, 9.17) is 0 Å². The molecule has 260 valence electrons. The zero-order chi connectivity index (χ0) is 36.3. The van der Waals surface area contributed by atoms with Crippen molar-refractivity contribution in [2.24, 2.45) is 20.5 Å². The van der Waals surface area contributed by atoms with Gasteiger partial charge in [0.15, 0.2) is 0 Å². The van der Waals surface area contributed by atoms with Crippen LogP contribution in [0.2, 0.25) is 0 Å². The fraction of sp³-hybridized carbons (Fsp3) is 0. The molecule has 5 N–H and O–H groups in total. The third kappa shape index (κ3) is 7.65. The van der Waals surface area contributed by atoms with Crippen molar-refractivity contribution in [3.05, 3.63) is 131 Å². The molecule has 0 heterocycles. The first kappa shape index (κ1) is 36.8. The number of phenolic OH excluding ortho intramolecular Hbond substituents is 4. The van der Waals surface area contributed by atoms with Gasteiger partial charge in [0, 0.05) is 51.0 Å². The molecule has 0 aliphatic heterocycles. The van der Waals surface area contributed by atoms with E-state index in [0.29, 0.717) is 16.2 Å². The largest absolute Gasteiger partial charge is 0.506 e. The van der Waals surface area contributed by atoms with Gasteiger partial charge in [-0.2, -0.15) is 8.42 Å². The number of phenols is 4. The van der Waals surface area contributed by atoms with Crippen molar-refractivity contribution in [1.82, 2.24) is 0 Å². The van der Waals surface area contributed by atoms with Crippen LogP contribution in [-0.2, 0) is 27.5 Å². The summed E-state index contributed by atoms with van der Waals surface area (Å²) in [5.74, 6) is -0.952. The molecule has 7 aromatic rings. The normalized spacial score (nSPS) is 11.5. The SMILES string of the molecule is O=S(=O)(O)c1cc(O)c(N=Nc2c(O)ccc3ccccc23)c2ccccc12.O=[N+]([O-])c1ccc(N=Nc2c(O)ccc3ccccc23)c(O)c1.[Cr]. The summed E-state index contributed by atoms with van der Waals surface area (Å²) in [6.45, 7) is 0. The fourth-order valence-corrected chi connectivity index (χ4v) is 5.96. The molecule has 0 aliphatic carbocycles. The van der Waals surface area contributed by atoms with E-state index in [0.717, 1.165) is 22.9 Å². The van der Waals surface area contributed by atoms with Gasteiger partial charge in [0.25, 0.3) is 15.8 Å². The number of hydrogen-bond acceptors (Lipinski definition) is 12. The van der Waals surface area contributed by atoms with Gasteiger partial charge in [-0.25, -0.2) is 0 Å². The van der Waals surface area contributed by atoms with Gasteiger partial charge in [-0.05, 0) is 29.0 Å². The van der Waals surface area contributed by atoms with Crippen LogP contribution in [0.3, 0.4) is 0 Å². The van der Waals surface area contributed by atoms with Crippen LogP contribution < -0.4 is 0 Å². The van der Waals surface area contributed by atoms with E-state index in [2.05, 4.69) is 20.5 Å². The van der Waals surface area contributed by atoms with E-state index >= 15 is 0 Å². The molecule has 52 heavy (non-hydrogen) atoms.